The minimum absolute atomic E-state index is 0.126. The smallest absolute Gasteiger partial charge is 0.238 e. The summed E-state index contributed by atoms with van der Waals surface area (Å²) < 4.78 is 13.1. The summed E-state index contributed by atoms with van der Waals surface area (Å²) in [6, 6.07) is 4.29. The molecule has 1 aliphatic heterocycles. The van der Waals surface area contributed by atoms with Gasteiger partial charge in [0.1, 0.15) is 5.82 Å². The molecule has 1 heterocycles. The second-order valence-corrected chi connectivity index (χ2v) is 6.83. The van der Waals surface area contributed by atoms with E-state index < -0.39 is 12.2 Å². The minimum atomic E-state index is -0.646. The molecule has 1 aromatic carbocycles. The predicted molar refractivity (Wildman–Crippen MR) is 84.4 cm³/mol. The lowest BCUT2D eigenvalue weighted by Gasteiger charge is -2.32. The molecule has 3 N–H and O–H groups in total. The largest absolute Gasteiger partial charge is 0.390 e. The first-order chi connectivity index (χ1) is 10.9. The third kappa shape index (κ3) is 3.71. The van der Waals surface area contributed by atoms with E-state index in [4.69, 9.17) is 0 Å². The topological polar surface area (TPSA) is 72.8 Å². The van der Waals surface area contributed by atoms with E-state index in [1.54, 1.807) is 13.0 Å². The summed E-state index contributed by atoms with van der Waals surface area (Å²) in [6.07, 6.45) is -0.0963. The Bertz CT molecular complexity index is 577. The van der Waals surface area contributed by atoms with Crippen LogP contribution in [0.1, 0.15) is 18.4 Å². The first kappa shape index (κ1) is 16.4. The zero-order chi connectivity index (χ0) is 16.6. The van der Waals surface area contributed by atoms with Crippen molar-refractivity contribution in [3.05, 3.63) is 29.6 Å². The number of fused-ring (bicyclic) bond motifs is 1. The summed E-state index contributed by atoms with van der Waals surface area (Å²) in [6.45, 7) is 3.57. The molecule has 0 unspecified atom stereocenters. The highest BCUT2D eigenvalue weighted by Gasteiger charge is 2.41. The van der Waals surface area contributed by atoms with Crippen LogP contribution in [-0.2, 0) is 4.79 Å². The van der Waals surface area contributed by atoms with E-state index in [0.29, 0.717) is 35.9 Å². The lowest BCUT2D eigenvalue weighted by Crippen LogP contribution is -2.38. The molecular formula is C17H23FN2O3. The van der Waals surface area contributed by atoms with E-state index in [2.05, 4.69) is 10.2 Å². The third-order valence-electron chi connectivity index (χ3n) is 5.01. The average Bonchev–Trinajstić information content (AvgIpc) is 2.83. The number of aryl methyl sites for hydroxylation is 1. The molecule has 126 valence electrons. The van der Waals surface area contributed by atoms with Crippen molar-refractivity contribution in [3.8, 4) is 0 Å². The summed E-state index contributed by atoms with van der Waals surface area (Å²) >= 11 is 0. The molecule has 6 heteroatoms. The highest BCUT2D eigenvalue weighted by molar-refractivity contribution is 5.92. The Hall–Kier alpha value is -1.50. The van der Waals surface area contributed by atoms with Gasteiger partial charge in [-0.1, -0.05) is 0 Å². The van der Waals surface area contributed by atoms with Crippen LogP contribution in [0.15, 0.2) is 18.2 Å². The van der Waals surface area contributed by atoms with E-state index in [1.165, 1.54) is 12.1 Å². The Balaban J connectivity index is 1.55. The molecule has 0 bridgehead atoms. The molecule has 0 radical (unpaired) electrons. The molecule has 0 spiro atoms. The lowest BCUT2D eigenvalue weighted by atomic mass is 9.79. The van der Waals surface area contributed by atoms with Crippen LogP contribution in [0.4, 0.5) is 10.1 Å². The van der Waals surface area contributed by atoms with Gasteiger partial charge in [-0.3, -0.25) is 9.69 Å². The van der Waals surface area contributed by atoms with Gasteiger partial charge in [0.05, 0.1) is 18.8 Å². The van der Waals surface area contributed by atoms with Gasteiger partial charge in [-0.15, -0.1) is 0 Å². The standard InChI is InChI=1S/C17H23FN2O3/c1-10-4-13(18)2-3-14(10)19-17(23)9-20-7-11-5-15(21)16(22)6-12(11)8-20/h2-4,11-12,15-16,21-22H,5-9H2,1H3,(H,19,23)/t11-,12+,15-,16-/m0/s1. The molecule has 1 amide bonds. The van der Waals surface area contributed by atoms with Gasteiger partial charge >= 0.3 is 0 Å². The van der Waals surface area contributed by atoms with Gasteiger partial charge in [0.25, 0.3) is 0 Å². The molecule has 23 heavy (non-hydrogen) atoms. The van der Waals surface area contributed by atoms with E-state index in [9.17, 15) is 19.4 Å². The van der Waals surface area contributed by atoms with Crippen molar-refractivity contribution in [1.29, 1.82) is 0 Å². The van der Waals surface area contributed by atoms with Crippen molar-refractivity contribution in [3.63, 3.8) is 0 Å². The molecule has 2 aliphatic rings. The number of rotatable bonds is 3. The number of hydrogen-bond donors (Lipinski definition) is 3. The average molecular weight is 322 g/mol. The van der Waals surface area contributed by atoms with Crippen molar-refractivity contribution in [2.75, 3.05) is 25.0 Å². The quantitative estimate of drug-likeness (QED) is 0.780. The first-order valence-corrected chi connectivity index (χ1v) is 8.07. The van der Waals surface area contributed by atoms with Crippen LogP contribution in [-0.4, -0.2) is 52.9 Å². The number of halogens is 1. The number of hydrogen-bond acceptors (Lipinski definition) is 4. The number of nitrogens with zero attached hydrogens (tertiary/aromatic N) is 1. The van der Waals surface area contributed by atoms with Gasteiger partial charge in [0.15, 0.2) is 0 Å². The molecule has 4 atom stereocenters. The second kappa shape index (κ2) is 6.55. The maximum Gasteiger partial charge on any atom is 0.238 e. The molecule has 3 rings (SSSR count). The van der Waals surface area contributed by atoms with Crippen molar-refractivity contribution in [2.45, 2.75) is 32.0 Å². The first-order valence-electron chi connectivity index (χ1n) is 8.07. The third-order valence-corrected chi connectivity index (χ3v) is 5.01. The number of carbonyl (C=O) groups excluding carboxylic acids is 1. The van der Waals surface area contributed by atoms with Crippen molar-refractivity contribution >= 4 is 11.6 Å². The summed E-state index contributed by atoms with van der Waals surface area (Å²) in [5, 5.41) is 22.3. The Kier molecular flexibility index (Phi) is 4.66. The maximum atomic E-state index is 13.1. The Morgan fingerprint density at radius 2 is 1.87 bits per heavy atom. The van der Waals surface area contributed by atoms with Crippen LogP contribution in [0.25, 0.3) is 0 Å². The fraction of sp³-hybridized carbons (Fsp3) is 0.588. The fourth-order valence-corrected chi connectivity index (χ4v) is 3.79. The molecule has 1 aromatic rings. The van der Waals surface area contributed by atoms with Gasteiger partial charge < -0.3 is 15.5 Å². The van der Waals surface area contributed by atoms with Crippen molar-refractivity contribution in [1.82, 2.24) is 4.90 Å². The van der Waals surface area contributed by atoms with Crippen LogP contribution in [0, 0.1) is 24.6 Å². The minimum Gasteiger partial charge on any atom is -0.390 e. The molecule has 0 aromatic heterocycles. The van der Waals surface area contributed by atoms with Gasteiger partial charge in [-0.25, -0.2) is 4.39 Å². The summed E-state index contributed by atoms with van der Waals surface area (Å²) in [7, 11) is 0. The number of benzene rings is 1. The van der Waals surface area contributed by atoms with Gasteiger partial charge in [0.2, 0.25) is 5.91 Å². The Morgan fingerprint density at radius 1 is 1.26 bits per heavy atom. The number of aliphatic hydroxyl groups excluding tert-OH is 2. The predicted octanol–water partition coefficient (Wildman–Crippen LogP) is 1.14. The van der Waals surface area contributed by atoms with E-state index in [1.807, 2.05) is 0 Å². The number of nitrogens with one attached hydrogen (secondary N) is 1. The van der Waals surface area contributed by atoms with E-state index >= 15 is 0 Å². The highest BCUT2D eigenvalue weighted by atomic mass is 19.1. The molecule has 1 saturated heterocycles. The number of anilines is 1. The number of likely N-dealkylation sites (tertiary alicyclic amines) is 1. The zero-order valence-electron chi connectivity index (χ0n) is 13.2. The van der Waals surface area contributed by atoms with Gasteiger partial charge in [-0.2, -0.15) is 0 Å². The van der Waals surface area contributed by atoms with Crippen molar-refractivity contribution < 1.29 is 19.4 Å². The van der Waals surface area contributed by atoms with Crippen molar-refractivity contribution in [2.24, 2.45) is 11.8 Å². The molecule has 1 saturated carbocycles. The maximum absolute atomic E-state index is 13.1. The Labute approximate surface area is 135 Å². The highest BCUT2D eigenvalue weighted by Crippen LogP contribution is 2.36. The second-order valence-electron chi connectivity index (χ2n) is 6.83. The van der Waals surface area contributed by atoms with Crippen LogP contribution in [0.5, 0.6) is 0 Å². The summed E-state index contributed by atoms with van der Waals surface area (Å²) in [5.41, 5.74) is 1.32. The number of aliphatic hydroxyl groups is 2. The Morgan fingerprint density at radius 3 is 2.43 bits per heavy atom. The molecular weight excluding hydrogens is 299 g/mol. The molecule has 1 aliphatic carbocycles. The number of amides is 1. The summed E-state index contributed by atoms with van der Waals surface area (Å²) in [4.78, 5) is 14.3. The summed E-state index contributed by atoms with van der Waals surface area (Å²) in [5.74, 6) is 0.239. The van der Waals surface area contributed by atoms with E-state index in [0.717, 1.165) is 13.1 Å². The van der Waals surface area contributed by atoms with E-state index in [-0.39, 0.29) is 18.3 Å². The zero-order valence-corrected chi connectivity index (χ0v) is 13.2. The molecule has 5 nitrogen and oxygen atoms in total. The lowest BCUT2D eigenvalue weighted by molar-refractivity contribution is -0.117. The SMILES string of the molecule is Cc1cc(F)ccc1NC(=O)CN1C[C@H]2C[C@H](O)[C@@H](O)C[C@H]2C1. The molecule has 2 fully saturated rings. The fourth-order valence-electron chi connectivity index (χ4n) is 3.79. The van der Waals surface area contributed by atoms with Gasteiger partial charge in [0, 0.05) is 18.8 Å². The van der Waals surface area contributed by atoms with Crippen LogP contribution < -0.4 is 5.32 Å². The van der Waals surface area contributed by atoms with Gasteiger partial charge in [-0.05, 0) is 55.4 Å². The monoisotopic (exact) mass is 322 g/mol. The normalized spacial score (nSPS) is 31.0. The van der Waals surface area contributed by atoms with Crippen LogP contribution >= 0.6 is 0 Å². The van der Waals surface area contributed by atoms with Crippen LogP contribution in [0.2, 0.25) is 0 Å². The number of carbonyl (C=O) groups is 1. The van der Waals surface area contributed by atoms with Crippen LogP contribution in [0.3, 0.4) is 0 Å².